The number of halogens is 6. The van der Waals surface area contributed by atoms with E-state index < -0.39 is 70.6 Å². The number of rotatable bonds is 8. The van der Waals surface area contributed by atoms with Crippen LogP contribution in [0.1, 0.15) is 49.3 Å². The molecule has 228 valence electrons. The smallest absolute Gasteiger partial charge is 0.366 e. The number of carbonyl (C=O) groups is 3. The molecule has 3 amide bonds. The lowest BCUT2D eigenvalue weighted by molar-refractivity contribution is -0.138. The maximum Gasteiger partial charge on any atom is 0.418 e. The van der Waals surface area contributed by atoms with Crippen LogP contribution in [-0.2, 0) is 30.4 Å². The molecule has 5 rings (SSSR count). The van der Waals surface area contributed by atoms with Gasteiger partial charge in [-0.1, -0.05) is 12.1 Å². The van der Waals surface area contributed by atoms with Gasteiger partial charge < -0.3 is 20.9 Å². The molecule has 0 aliphatic carbocycles. The van der Waals surface area contributed by atoms with E-state index in [9.17, 15) is 40.7 Å². The highest BCUT2D eigenvalue weighted by Crippen LogP contribution is 2.36. The molecule has 0 fully saturated rings. The van der Waals surface area contributed by atoms with Crippen LogP contribution in [0.25, 0.3) is 11.1 Å². The Kier molecular flexibility index (Phi) is 8.17. The number of primary amides is 1. The summed E-state index contributed by atoms with van der Waals surface area (Å²) in [7, 11) is 0. The highest BCUT2D eigenvalue weighted by atomic mass is 19.4. The Hall–Kier alpha value is -5.14. The lowest BCUT2D eigenvalue weighted by Crippen LogP contribution is -2.36. The van der Waals surface area contributed by atoms with Gasteiger partial charge in [0.15, 0.2) is 0 Å². The van der Waals surface area contributed by atoms with Gasteiger partial charge in [0.2, 0.25) is 5.91 Å². The fourth-order valence-corrected chi connectivity index (χ4v) is 5.25. The van der Waals surface area contributed by atoms with Gasteiger partial charge in [0.1, 0.15) is 24.0 Å². The van der Waals surface area contributed by atoms with E-state index in [-0.39, 0.29) is 41.9 Å². The van der Waals surface area contributed by atoms with Gasteiger partial charge in [-0.2, -0.15) is 13.2 Å². The Balaban J connectivity index is 1.54. The fraction of sp³-hybridized carbons (Fsp3) is 0.200. The van der Waals surface area contributed by atoms with Crippen LogP contribution in [0.2, 0.25) is 0 Å². The van der Waals surface area contributed by atoms with Crippen molar-refractivity contribution in [2.75, 3.05) is 6.54 Å². The van der Waals surface area contributed by atoms with E-state index in [4.69, 9.17) is 5.73 Å². The SMILES string of the molecule is NC(=O)c1cc(-c2cccnc2[C@H](Cc2cc(F)cc(F)c2)NC(=O)Cn2cc(C(F)(F)F)c3c2CCNC3=O)ccc1F. The molecule has 2 aromatic carbocycles. The molecule has 8 nitrogen and oxygen atoms in total. The Morgan fingerprint density at radius 2 is 1.80 bits per heavy atom. The summed E-state index contributed by atoms with van der Waals surface area (Å²) in [6.07, 6.45) is -2.95. The predicted molar refractivity (Wildman–Crippen MR) is 145 cm³/mol. The highest BCUT2D eigenvalue weighted by Gasteiger charge is 2.40. The van der Waals surface area contributed by atoms with Gasteiger partial charge in [-0.05, 0) is 47.9 Å². The molecule has 1 aliphatic rings. The highest BCUT2D eigenvalue weighted by molar-refractivity contribution is 5.98. The number of hydrogen-bond donors (Lipinski definition) is 3. The van der Waals surface area contributed by atoms with Crippen LogP contribution in [-0.4, -0.2) is 33.8 Å². The maximum atomic E-state index is 14.2. The van der Waals surface area contributed by atoms with Gasteiger partial charge in [-0.25, -0.2) is 13.2 Å². The quantitative estimate of drug-likeness (QED) is 0.254. The van der Waals surface area contributed by atoms with Crippen molar-refractivity contribution < 1.29 is 40.7 Å². The van der Waals surface area contributed by atoms with Gasteiger partial charge in [0.05, 0.1) is 28.4 Å². The summed E-state index contributed by atoms with van der Waals surface area (Å²) in [5.41, 5.74) is 4.04. The predicted octanol–water partition coefficient (Wildman–Crippen LogP) is 4.47. The minimum atomic E-state index is -4.85. The Morgan fingerprint density at radius 3 is 2.48 bits per heavy atom. The minimum Gasteiger partial charge on any atom is -0.366 e. The molecule has 0 spiro atoms. The van der Waals surface area contributed by atoms with Crippen LogP contribution in [0, 0.1) is 17.5 Å². The second-order valence-electron chi connectivity index (χ2n) is 10.1. The zero-order valence-electron chi connectivity index (χ0n) is 22.6. The molecule has 0 bridgehead atoms. The first-order chi connectivity index (χ1) is 20.8. The number of alkyl halides is 3. The van der Waals surface area contributed by atoms with Crippen molar-refractivity contribution in [1.29, 1.82) is 0 Å². The van der Waals surface area contributed by atoms with E-state index in [0.29, 0.717) is 17.8 Å². The molecule has 0 radical (unpaired) electrons. The number of aromatic nitrogens is 2. The number of nitrogens with zero attached hydrogens (tertiary/aromatic N) is 2. The lowest BCUT2D eigenvalue weighted by Gasteiger charge is -2.22. The molecule has 14 heteroatoms. The molecule has 1 aliphatic heterocycles. The summed E-state index contributed by atoms with van der Waals surface area (Å²) in [5, 5.41) is 5.05. The number of carbonyl (C=O) groups excluding carboxylic acids is 3. The van der Waals surface area contributed by atoms with Gasteiger partial charge in [0, 0.05) is 42.7 Å². The molecule has 0 unspecified atom stereocenters. The van der Waals surface area contributed by atoms with Gasteiger partial charge in [0.25, 0.3) is 11.8 Å². The van der Waals surface area contributed by atoms with E-state index in [1.165, 1.54) is 24.4 Å². The van der Waals surface area contributed by atoms with E-state index >= 15 is 0 Å². The van der Waals surface area contributed by atoms with Crippen molar-refractivity contribution in [3.05, 3.63) is 112 Å². The third kappa shape index (κ3) is 6.28. The molecule has 4 N–H and O–H groups in total. The van der Waals surface area contributed by atoms with Crippen molar-refractivity contribution in [2.24, 2.45) is 5.73 Å². The van der Waals surface area contributed by atoms with Crippen molar-refractivity contribution in [2.45, 2.75) is 31.6 Å². The summed E-state index contributed by atoms with van der Waals surface area (Å²) >= 11 is 0. The topological polar surface area (TPSA) is 119 Å². The lowest BCUT2D eigenvalue weighted by atomic mass is 9.94. The molecular formula is C30H23F6N5O3. The number of fused-ring (bicyclic) bond motifs is 1. The average molecular weight is 616 g/mol. The van der Waals surface area contributed by atoms with Crippen LogP contribution >= 0.6 is 0 Å². The van der Waals surface area contributed by atoms with Gasteiger partial charge in [-0.15, -0.1) is 0 Å². The maximum absolute atomic E-state index is 14.2. The molecule has 44 heavy (non-hydrogen) atoms. The number of pyridine rings is 1. The van der Waals surface area contributed by atoms with Crippen LogP contribution in [0.5, 0.6) is 0 Å². The first kappa shape index (κ1) is 30.3. The molecule has 1 atom stereocenters. The second kappa shape index (κ2) is 11.9. The zero-order valence-corrected chi connectivity index (χ0v) is 22.6. The fourth-order valence-electron chi connectivity index (χ4n) is 5.25. The zero-order chi connectivity index (χ0) is 31.8. The number of benzene rings is 2. The minimum absolute atomic E-state index is 0.0313. The molecule has 0 saturated heterocycles. The van der Waals surface area contributed by atoms with Crippen LogP contribution in [0.15, 0.2) is 60.9 Å². The second-order valence-corrected chi connectivity index (χ2v) is 10.1. The number of nitrogens with two attached hydrogens (primary N) is 1. The van der Waals surface area contributed by atoms with Crippen molar-refractivity contribution in [3.8, 4) is 11.1 Å². The van der Waals surface area contributed by atoms with E-state index in [1.807, 2.05) is 0 Å². The third-order valence-corrected chi connectivity index (χ3v) is 7.09. The first-order valence-electron chi connectivity index (χ1n) is 13.2. The van der Waals surface area contributed by atoms with E-state index in [1.54, 1.807) is 6.07 Å². The van der Waals surface area contributed by atoms with Gasteiger partial charge >= 0.3 is 6.18 Å². The number of hydrogen-bond acceptors (Lipinski definition) is 4. The van der Waals surface area contributed by atoms with E-state index in [0.717, 1.165) is 22.8 Å². The Bertz CT molecular complexity index is 1770. The Morgan fingerprint density at radius 1 is 1.07 bits per heavy atom. The Labute approximate surface area is 245 Å². The van der Waals surface area contributed by atoms with Crippen molar-refractivity contribution in [3.63, 3.8) is 0 Å². The molecule has 3 heterocycles. The molecular weight excluding hydrogens is 592 g/mol. The average Bonchev–Trinajstić information content (AvgIpc) is 3.32. The van der Waals surface area contributed by atoms with E-state index in [2.05, 4.69) is 15.6 Å². The summed E-state index contributed by atoms with van der Waals surface area (Å²) in [6.45, 7) is -0.547. The molecule has 2 aromatic heterocycles. The standard InChI is InChI=1S/C30H23F6N5O3/c31-17-8-15(9-18(32)12-17)10-23(27-19(2-1-6-38-27)16-3-4-22(33)20(11-16)28(37)43)40-25(42)14-41-13-21(30(34,35)36)26-24(41)5-7-39-29(26)44/h1-4,6,8-9,11-13,23H,5,7,10,14H2,(H2,37,43)(H,39,44)(H,40,42)/t23-/m0/s1. The molecule has 4 aromatic rings. The van der Waals surface area contributed by atoms with Crippen LogP contribution < -0.4 is 16.4 Å². The monoisotopic (exact) mass is 615 g/mol. The summed E-state index contributed by atoms with van der Waals surface area (Å²) < 4.78 is 84.6. The molecule has 0 saturated carbocycles. The van der Waals surface area contributed by atoms with Crippen molar-refractivity contribution >= 4 is 17.7 Å². The van der Waals surface area contributed by atoms with Crippen LogP contribution in [0.3, 0.4) is 0 Å². The normalized spacial score (nSPS) is 13.6. The summed E-state index contributed by atoms with van der Waals surface area (Å²) in [6, 6.07) is 8.29. The third-order valence-electron chi connectivity index (χ3n) is 7.09. The summed E-state index contributed by atoms with van der Waals surface area (Å²) in [4.78, 5) is 41.8. The summed E-state index contributed by atoms with van der Waals surface area (Å²) in [5.74, 6) is -5.36. The van der Waals surface area contributed by atoms with Crippen LogP contribution in [0.4, 0.5) is 26.3 Å². The number of nitrogens with one attached hydrogen (secondary N) is 2. The largest absolute Gasteiger partial charge is 0.418 e. The first-order valence-corrected chi connectivity index (χ1v) is 13.2. The number of amides is 3. The van der Waals surface area contributed by atoms with Gasteiger partial charge in [-0.3, -0.25) is 19.4 Å². The van der Waals surface area contributed by atoms with Crippen molar-refractivity contribution in [1.82, 2.24) is 20.2 Å².